The van der Waals surface area contributed by atoms with E-state index in [2.05, 4.69) is 21.3 Å². The number of hydrogen-bond acceptors (Lipinski definition) is 8. The van der Waals surface area contributed by atoms with Crippen LogP contribution in [0.25, 0.3) is 0 Å². The van der Waals surface area contributed by atoms with Crippen LogP contribution in [-0.2, 0) is 25.0 Å². The van der Waals surface area contributed by atoms with Crippen molar-refractivity contribution in [2.45, 2.75) is 5.75 Å². The van der Waals surface area contributed by atoms with Crippen LogP contribution in [0.5, 0.6) is 5.75 Å². The number of ether oxygens (including phenoxy) is 3. The van der Waals surface area contributed by atoms with Gasteiger partial charge in [-0.05, 0) is 35.9 Å². The maximum atomic E-state index is 14.6. The van der Waals surface area contributed by atoms with Crippen LogP contribution in [0.3, 0.4) is 0 Å². The number of nitrogens with one attached hydrogen (secondary N) is 1. The third-order valence-electron chi connectivity index (χ3n) is 4.50. The average molecular weight is 541 g/mol. The number of carbonyl (C=O) groups excluding carboxylic acids is 1. The summed E-state index contributed by atoms with van der Waals surface area (Å²) in [6.07, 6.45) is 0.869. The Hall–Kier alpha value is -3.84. The van der Waals surface area contributed by atoms with Gasteiger partial charge in [-0.1, -0.05) is 6.58 Å². The summed E-state index contributed by atoms with van der Waals surface area (Å²) in [7, 11) is -0.412. The second kappa shape index (κ2) is 13.5. The molecule has 2 aromatic rings. The van der Waals surface area contributed by atoms with Crippen molar-refractivity contribution in [3.05, 3.63) is 83.6 Å². The van der Waals surface area contributed by atoms with Crippen LogP contribution >= 0.6 is 0 Å². The first kappa shape index (κ1) is 29.4. The van der Waals surface area contributed by atoms with Gasteiger partial charge in [0.2, 0.25) is 0 Å². The molecule has 200 valence electrons. The molecule has 1 unspecified atom stereocenters. The fourth-order valence-electron chi connectivity index (χ4n) is 3.06. The summed E-state index contributed by atoms with van der Waals surface area (Å²) in [5, 5.41) is 2.71. The summed E-state index contributed by atoms with van der Waals surface area (Å²) in [5.41, 5.74) is 5.49. The van der Waals surface area contributed by atoms with E-state index in [1.54, 1.807) is 0 Å². The maximum Gasteiger partial charge on any atom is 0.441 e. The first-order valence-corrected chi connectivity index (χ1v) is 12.7. The Labute approximate surface area is 213 Å². The molecular formula is C24H27F3N4O5S. The number of hydrogen-bond donors (Lipinski definition) is 2. The van der Waals surface area contributed by atoms with Crippen LogP contribution in [0.2, 0.25) is 0 Å². The monoisotopic (exact) mass is 540 g/mol. The fraction of sp³-hybridized carbons (Fsp3) is 0.250. The van der Waals surface area contributed by atoms with Gasteiger partial charge in [0.05, 0.1) is 29.2 Å². The van der Waals surface area contributed by atoms with E-state index in [0.29, 0.717) is 6.20 Å². The molecule has 2 aromatic carbocycles. The lowest BCUT2D eigenvalue weighted by Gasteiger charge is -2.13. The number of nitrogens with two attached hydrogens (primary N) is 1. The minimum absolute atomic E-state index is 0.00112. The average Bonchev–Trinajstić information content (AvgIpc) is 2.81. The maximum absolute atomic E-state index is 14.6. The lowest BCUT2D eigenvalue weighted by molar-refractivity contribution is 0.105. The van der Waals surface area contributed by atoms with Gasteiger partial charge in [0.25, 0.3) is 0 Å². The molecule has 1 atom stereocenters. The van der Waals surface area contributed by atoms with Gasteiger partial charge in [0.1, 0.15) is 35.5 Å². The predicted molar refractivity (Wildman–Crippen MR) is 135 cm³/mol. The Balaban J connectivity index is 2.31. The molecule has 0 saturated carbocycles. The fourth-order valence-corrected chi connectivity index (χ4v) is 4.27. The highest BCUT2D eigenvalue weighted by atomic mass is 32.2. The number of aliphatic imine (C=N–C) groups is 1. The molecule has 37 heavy (non-hydrogen) atoms. The van der Waals surface area contributed by atoms with E-state index in [-0.39, 0.29) is 53.1 Å². The number of nitrogens with zero attached hydrogens (tertiary/aromatic N) is 2. The van der Waals surface area contributed by atoms with Gasteiger partial charge >= 0.3 is 6.09 Å². The van der Waals surface area contributed by atoms with Gasteiger partial charge in [-0.2, -0.15) is 0 Å². The molecule has 0 saturated heterocycles. The first-order chi connectivity index (χ1) is 17.5. The van der Waals surface area contributed by atoms with Crippen LogP contribution in [0, 0.1) is 11.6 Å². The zero-order chi connectivity index (χ0) is 27.6. The Kier molecular flexibility index (Phi) is 10.7. The molecule has 0 heterocycles. The minimum atomic E-state index is -3.11. The summed E-state index contributed by atoms with van der Waals surface area (Å²) in [5.74, 6) is -2.64. The predicted octanol–water partition coefficient (Wildman–Crippen LogP) is 4.50. The third kappa shape index (κ3) is 9.28. The molecule has 0 spiro atoms. The number of carbonyl (C=O) groups is 1. The third-order valence-corrected chi connectivity index (χ3v) is 5.90. The highest BCUT2D eigenvalue weighted by Gasteiger charge is 2.17. The van der Waals surface area contributed by atoms with E-state index >= 15 is 0 Å². The van der Waals surface area contributed by atoms with Crippen molar-refractivity contribution in [3.8, 4) is 5.75 Å². The molecule has 0 aliphatic rings. The standard InChI is InChI=1S/C24H27F3N4O5S/c1-15(30-23(21(27)13-28)20-6-5-17(25)12-22(20)35-3)29-19-10-16(9-18(26)11-19)14-37(4,33)31-24(32)36-8-7-34-2/h5-6,9-13,29H,1,7-8,14,28H2,2-4H3/b21-13+,30-23?. The van der Waals surface area contributed by atoms with Crippen molar-refractivity contribution in [1.82, 2.24) is 0 Å². The Morgan fingerprint density at radius 1 is 1.16 bits per heavy atom. The van der Waals surface area contributed by atoms with E-state index in [1.165, 1.54) is 32.6 Å². The zero-order valence-electron chi connectivity index (χ0n) is 20.4. The quantitative estimate of drug-likeness (QED) is 0.318. The highest BCUT2D eigenvalue weighted by Crippen LogP contribution is 2.25. The highest BCUT2D eigenvalue weighted by molar-refractivity contribution is 7.92. The normalized spacial score (nSPS) is 13.5. The summed E-state index contributed by atoms with van der Waals surface area (Å²) in [4.78, 5) is 15.8. The van der Waals surface area contributed by atoms with Crippen molar-refractivity contribution in [2.75, 3.05) is 39.0 Å². The molecule has 0 aromatic heterocycles. The summed E-state index contributed by atoms with van der Waals surface area (Å²) in [6, 6.07) is 7.05. The van der Waals surface area contributed by atoms with Gasteiger partial charge in [-0.3, -0.25) is 0 Å². The zero-order valence-corrected chi connectivity index (χ0v) is 21.2. The van der Waals surface area contributed by atoms with E-state index in [9.17, 15) is 22.2 Å². The first-order valence-electron chi connectivity index (χ1n) is 10.6. The summed E-state index contributed by atoms with van der Waals surface area (Å²) in [6.45, 7) is 3.79. The number of anilines is 1. The molecule has 0 fully saturated rings. The van der Waals surface area contributed by atoms with Crippen LogP contribution in [-0.4, -0.2) is 49.7 Å². The van der Waals surface area contributed by atoms with Crippen molar-refractivity contribution in [3.63, 3.8) is 0 Å². The minimum Gasteiger partial charge on any atom is -0.496 e. The second-order valence-electron chi connectivity index (χ2n) is 7.54. The van der Waals surface area contributed by atoms with E-state index < -0.39 is 33.3 Å². The Morgan fingerprint density at radius 2 is 1.89 bits per heavy atom. The molecular weight excluding hydrogens is 513 g/mol. The van der Waals surface area contributed by atoms with Crippen molar-refractivity contribution < 1.29 is 36.4 Å². The smallest absolute Gasteiger partial charge is 0.441 e. The van der Waals surface area contributed by atoms with Crippen molar-refractivity contribution in [1.29, 1.82) is 0 Å². The summed E-state index contributed by atoms with van der Waals surface area (Å²) < 4.78 is 73.4. The van der Waals surface area contributed by atoms with E-state index in [1.807, 2.05) is 0 Å². The van der Waals surface area contributed by atoms with Gasteiger partial charge in [-0.15, -0.1) is 4.36 Å². The van der Waals surface area contributed by atoms with Gasteiger partial charge in [0, 0.05) is 36.9 Å². The Morgan fingerprint density at radius 3 is 2.54 bits per heavy atom. The lowest BCUT2D eigenvalue weighted by atomic mass is 10.1. The van der Waals surface area contributed by atoms with E-state index in [0.717, 1.165) is 24.3 Å². The SMILES string of the molecule is C=C(N=C(/C(F)=C\N)c1ccc(F)cc1OC)Nc1cc(F)cc(CS(C)(=O)=NC(=O)OCCOC)c1. The number of allylic oxidation sites excluding steroid dienone is 1. The molecule has 13 heteroatoms. The largest absolute Gasteiger partial charge is 0.496 e. The number of methoxy groups -OCH3 is 2. The van der Waals surface area contributed by atoms with Crippen molar-refractivity contribution >= 4 is 27.2 Å². The van der Waals surface area contributed by atoms with E-state index in [4.69, 9.17) is 19.9 Å². The van der Waals surface area contributed by atoms with Gasteiger partial charge in [-0.25, -0.2) is 27.2 Å². The molecule has 0 bridgehead atoms. The van der Waals surface area contributed by atoms with Crippen LogP contribution < -0.4 is 15.8 Å². The van der Waals surface area contributed by atoms with Crippen LogP contribution in [0.15, 0.2) is 70.2 Å². The number of amides is 1. The Bertz CT molecular complexity index is 1340. The molecule has 3 N–H and O–H groups in total. The van der Waals surface area contributed by atoms with Gasteiger partial charge in [0.15, 0.2) is 5.83 Å². The topological polar surface area (TPSA) is 125 Å². The molecule has 2 rings (SSSR count). The molecule has 9 nitrogen and oxygen atoms in total. The molecule has 0 aliphatic heterocycles. The molecule has 1 amide bonds. The van der Waals surface area contributed by atoms with Crippen LogP contribution in [0.1, 0.15) is 11.1 Å². The number of rotatable bonds is 11. The van der Waals surface area contributed by atoms with Gasteiger partial charge < -0.3 is 25.3 Å². The second-order valence-corrected chi connectivity index (χ2v) is 9.93. The van der Waals surface area contributed by atoms with Crippen molar-refractivity contribution in [2.24, 2.45) is 15.1 Å². The number of halogens is 3. The lowest BCUT2D eigenvalue weighted by Crippen LogP contribution is -2.11. The van der Waals surface area contributed by atoms with Crippen LogP contribution in [0.4, 0.5) is 23.7 Å². The molecule has 0 radical (unpaired) electrons. The summed E-state index contributed by atoms with van der Waals surface area (Å²) >= 11 is 0. The number of benzene rings is 2. The molecule has 0 aliphatic carbocycles.